The zero-order valence-electron chi connectivity index (χ0n) is 11.1. The van der Waals surface area contributed by atoms with Gasteiger partial charge in [0, 0.05) is 25.2 Å². The molecule has 98 valence electrons. The Hall–Kier alpha value is -1.35. The van der Waals surface area contributed by atoms with E-state index in [0.717, 1.165) is 37.1 Å². The predicted octanol–water partition coefficient (Wildman–Crippen LogP) is 2.41. The first-order valence-electron chi connectivity index (χ1n) is 6.83. The van der Waals surface area contributed by atoms with Gasteiger partial charge in [-0.15, -0.1) is 0 Å². The van der Waals surface area contributed by atoms with Gasteiger partial charge >= 0.3 is 0 Å². The van der Waals surface area contributed by atoms with Crippen LogP contribution in [0.5, 0.6) is 0 Å². The molecule has 3 nitrogen and oxygen atoms in total. The maximum absolute atomic E-state index is 12.4. The van der Waals surface area contributed by atoms with Crippen molar-refractivity contribution < 1.29 is 4.79 Å². The van der Waals surface area contributed by atoms with Gasteiger partial charge in [0.1, 0.15) is 0 Å². The number of nitrogens with zero attached hydrogens (tertiary/aromatic N) is 1. The zero-order valence-corrected chi connectivity index (χ0v) is 11.1. The minimum atomic E-state index is 0.156. The number of hydrogen-bond acceptors (Lipinski definition) is 2. The molecular weight excluding hydrogens is 224 g/mol. The molecule has 0 spiro atoms. The summed E-state index contributed by atoms with van der Waals surface area (Å²) in [5.74, 6) is 0.823. The Labute approximate surface area is 109 Å². The fourth-order valence-electron chi connectivity index (χ4n) is 2.60. The van der Waals surface area contributed by atoms with Crippen molar-refractivity contribution in [1.82, 2.24) is 4.90 Å². The number of benzene rings is 1. The molecule has 1 aromatic carbocycles. The number of hydrogen-bond donors (Lipinski definition) is 1. The van der Waals surface area contributed by atoms with E-state index in [4.69, 9.17) is 5.73 Å². The minimum Gasteiger partial charge on any atom is -0.338 e. The van der Waals surface area contributed by atoms with E-state index in [2.05, 4.69) is 6.92 Å². The normalized spacial score (nSPS) is 19.9. The van der Waals surface area contributed by atoms with Crippen LogP contribution in [0, 0.1) is 5.92 Å². The molecule has 1 heterocycles. The molecule has 0 aliphatic carbocycles. The van der Waals surface area contributed by atoms with Crippen molar-refractivity contribution in [3.05, 3.63) is 35.4 Å². The molecule has 0 saturated carbocycles. The lowest BCUT2D eigenvalue weighted by Gasteiger charge is -2.32. The number of nitrogens with two attached hydrogens (primary N) is 1. The van der Waals surface area contributed by atoms with Crippen LogP contribution in [0.4, 0.5) is 0 Å². The number of rotatable bonds is 3. The maximum Gasteiger partial charge on any atom is 0.253 e. The van der Waals surface area contributed by atoms with Gasteiger partial charge in [0.15, 0.2) is 0 Å². The van der Waals surface area contributed by atoms with Crippen LogP contribution in [0.15, 0.2) is 24.3 Å². The molecule has 0 aromatic heterocycles. The monoisotopic (exact) mass is 246 g/mol. The summed E-state index contributed by atoms with van der Waals surface area (Å²) < 4.78 is 0. The Morgan fingerprint density at radius 1 is 1.50 bits per heavy atom. The SMILES string of the molecule is CCC1CCCN(C(=O)c2cccc(CN)c2)C1. The summed E-state index contributed by atoms with van der Waals surface area (Å²) in [4.78, 5) is 14.4. The second-order valence-corrected chi connectivity index (χ2v) is 5.07. The number of carbonyl (C=O) groups excluding carboxylic acids is 1. The van der Waals surface area contributed by atoms with E-state index in [1.54, 1.807) is 0 Å². The van der Waals surface area contributed by atoms with Gasteiger partial charge in [-0.3, -0.25) is 4.79 Å². The highest BCUT2D eigenvalue weighted by molar-refractivity contribution is 5.94. The highest BCUT2D eigenvalue weighted by Gasteiger charge is 2.23. The van der Waals surface area contributed by atoms with Crippen molar-refractivity contribution in [2.24, 2.45) is 11.7 Å². The smallest absolute Gasteiger partial charge is 0.253 e. The van der Waals surface area contributed by atoms with Gasteiger partial charge in [-0.25, -0.2) is 0 Å². The van der Waals surface area contributed by atoms with E-state index < -0.39 is 0 Å². The summed E-state index contributed by atoms with van der Waals surface area (Å²) in [5, 5.41) is 0. The molecule has 1 saturated heterocycles. The number of likely N-dealkylation sites (tertiary alicyclic amines) is 1. The van der Waals surface area contributed by atoms with Gasteiger partial charge in [-0.05, 0) is 36.5 Å². The van der Waals surface area contributed by atoms with Gasteiger partial charge in [-0.1, -0.05) is 25.5 Å². The third-order valence-corrected chi connectivity index (χ3v) is 3.79. The van der Waals surface area contributed by atoms with Crippen LogP contribution in [0.25, 0.3) is 0 Å². The van der Waals surface area contributed by atoms with E-state index in [1.165, 1.54) is 6.42 Å². The second-order valence-electron chi connectivity index (χ2n) is 5.07. The predicted molar refractivity (Wildman–Crippen MR) is 73.3 cm³/mol. The molecule has 1 unspecified atom stereocenters. The molecule has 1 aliphatic rings. The number of carbonyl (C=O) groups is 1. The molecule has 1 aromatic rings. The van der Waals surface area contributed by atoms with Crippen molar-refractivity contribution in [2.75, 3.05) is 13.1 Å². The van der Waals surface area contributed by atoms with E-state index in [0.29, 0.717) is 12.5 Å². The summed E-state index contributed by atoms with van der Waals surface area (Å²) in [6.45, 7) is 4.48. The van der Waals surface area contributed by atoms with Crippen LogP contribution < -0.4 is 5.73 Å². The first-order valence-corrected chi connectivity index (χ1v) is 6.83. The van der Waals surface area contributed by atoms with Crippen molar-refractivity contribution >= 4 is 5.91 Å². The van der Waals surface area contributed by atoms with Crippen LogP contribution in [-0.2, 0) is 6.54 Å². The number of amides is 1. The molecule has 0 radical (unpaired) electrons. The highest BCUT2D eigenvalue weighted by atomic mass is 16.2. The third kappa shape index (κ3) is 2.91. The lowest BCUT2D eigenvalue weighted by molar-refractivity contribution is 0.0671. The largest absolute Gasteiger partial charge is 0.338 e. The van der Waals surface area contributed by atoms with Gasteiger partial charge in [0.25, 0.3) is 5.91 Å². The lowest BCUT2D eigenvalue weighted by Crippen LogP contribution is -2.39. The van der Waals surface area contributed by atoms with Crippen LogP contribution in [0.1, 0.15) is 42.1 Å². The van der Waals surface area contributed by atoms with Gasteiger partial charge in [0.2, 0.25) is 0 Å². The standard InChI is InChI=1S/C15H22N2O/c1-2-12-6-4-8-17(11-12)15(18)14-7-3-5-13(9-14)10-16/h3,5,7,9,12H,2,4,6,8,10-11,16H2,1H3. The van der Waals surface area contributed by atoms with Crippen molar-refractivity contribution in [3.63, 3.8) is 0 Å². The van der Waals surface area contributed by atoms with Crippen molar-refractivity contribution in [1.29, 1.82) is 0 Å². The first kappa shape index (κ1) is 13.1. The van der Waals surface area contributed by atoms with E-state index in [-0.39, 0.29) is 5.91 Å². The Morgan fingerprint density at radius 2 is 2.33 bits per heavy atom. The highest BCUT2D eigenvalue weighted by Crippen LogP contribution is 2.21. The maximum atomic E-state index is 12.4. The van der Waals surface area contributed by atoms with Crippen LogP contribution in [0.2, 0.25) is 0 Å². The zero-order chi connectivity index (χ0) is 13.0. The molecule has 0 bridgehead atoms. The van der Waals surface area contributed by atoms with Crippen molar-refractivity contribution in [2.45, 2.75) is 32.7 Å². The van der Waals surface area contributed by atoms with Crippen LogP contribution in [0.3, 0.4) is 0 Å². The minimum absolute atomic E-state index is 0.156. The average molecular weight is 246 g/mol. The molecule has 1 atom stereocenters. The van der Waals surface area contributed by atoms with Gasteiger partial charge in [-0.2, -0.15) is 0 Å². The van der Waals surface area contributed by atoms with Gasteiger partial charge in [0.05, 0.1) is 0 Å². The Morgan fingerprint density at radius 3 is 3.06 bits per heavy atom. The summed E-state index contributed by atoms with van der Waals surface area (Å²) >= 11 is 0. The van der Waals surface area contributed by atoms with E-state index in [1.807, 2.05) is 29.2 Å². The molecule has 1 amide bonds. The quantitative estimate of drug-likeness (QED) is 0.890. The molecule has 18 heavy (non-hydrogen) atoms. The van der Waals surface area contributed by atoms with E-state index >= 15 is 0 Å². The first-order chi connectivity index (χ1) is 8.74. The summed E-state index contributed by atoms with van der Waals surface area (Å²) in [6, 6.07) is 7.67. The molecule has 2 rings (SSSR count). The topological polar surface area (TPSA) is 46.3 Å². The fraction of sp³-hybridized carbons (Fsp3) is 0.533. The van der Waals surface area contributed by atoms with Crippen molar-refractivity contribution in [3.8, 4) is 0 Å². The molecule has 2 N–H and O–H groups in total. The fourth-order valence-corrected chi connectivity index (χ4v) is 2.60. The number of piperidine rings is 1. The van der Waals surface area contributed by atoms with Crippen LogP contribution >= 0.6 is 0 Å². The van der Waals surface area contributed by atoms with Gasteiger partial charge < -0.3 is 10.6 Å². The molecule has 1 fully saturated rings. The summed E-state index contributed by atoms with van der Waals surface area (Å²) in [7, 11) is 0. The summed E-state index contributed by atoms with van der Waals surface area (Å²) in [6.07, 6.45) is 3.54. The molecule has 3 heteroatoms. The Kier molecular flexibility index (Phi) is 4.37. The lowest BCUT2D eigenvalue weighted by atomic mass is 9.95. The second kappa shape index (κ2) is 6.01. The third-order valence-electron chi connectivity index (χ3n) is 3.79. The average Bonchev–Trinajstić information content (AvgIpc) is 2.46. The van der Waals surface area contributed by atoms with E-state index in [9.17, 15) is 4.79 Å². The molecular formula is C15H22N2O. The van der Waals surface area contributed by atoms with Crippen LogP contribution in [-0.4, -0.2) is 23.9 Å². The Bertz CT molecular complexity index is 417. The summed E-state index contributed by atoms with van der Waals surface area (Å²) in [5.41, 5.74) is 7.41. The molecule has 1 aliphatic heterocycles. The Balaban J connectivity index is 2.10.